The van der Waals surface area contributed by atoms with E-state index in [-0.39, 0.29) is 23.9 Å². The van der Waals surface area contributed by atoms with Crippen molar-refractivity contribution >= 4 is 11.6 Å². The van der Waals surface area contributed by atoms with E-state index in [0.29, 0.717) is 25.1 Å². The van der Waals surface area contributed by atoms with Gasteiger partial charge < -0.3 is 15.0 Å². The summed E-state index contributed by atoms with van der Waals surface area (Å²) in [5.41, 5.74) is 0.592. The molecule has 1 amide bonds. The number of nitrogens with zero attached hydrogens (tertiary/aromatic N) is 2. The van der Waals surface area contributed by atoms with Crippen LogP contribution in [-0.4, -0.2) is 36.1 Å². The third-order valence-corrected chi connectivity index (χ3v) is 4.41. The molecule has 1 N–H and O–H groups in total. The summed E-state index contributed by atoms with van der Waals surface area (Å²) in [6.07, 6.45) is -3.18. The molecule has 0 spiro atoms. The largest absolute Gasteiger partial charge is 0.472 e. The van der Waals surface area contributed by atoms with Crippen LogP contribution in [0.1, 0.15) is 36.2 Å². The number of nitrogens with one attached hydrogen (secondary N) is 1. The molecular formula is C20H22F3N3O2. The van der Waals surface area contributed by atoms with Gasteiger partial charge in [-0.3, -0.25) is 4.79 Å². The average molecular weight is 393 g/mol. The molecule has 1 atom stereocenters. The highest BCUT2D eigenvalue weighted by Crippen LogP contribution is 2.30. The van der Waals surface area contributed by atoms with Gasteiger partial charge in [-0.05, 0) is 32.0 Å². The van der Waals surface area contributed by atoms with Crippen LogP contribution in [0.3, 0.4) is 0 Å². The van der Waals surface area contributed by atoms with Crippen molar-refractivity contribution in [2.45, 2.75) is 38.6 Å². The van der Waals surface area contributed by atoms with Crippen LogP contribution in [0.2, 0.25) is 0 Å². The van der Waals surface area contributed by atoms with Gasteiger partial charge in [-0.1, -0.05) is 12.1 Å². The fourth-order valence-electron chi connectivity index (χ4n) is 3.11. The molecule has 2 aromatic rings. The normalized spacial score (nSPS) is 17.1. The van der Waals surface area contributed by atoms with E-state index in [0.717, 1.165) is 18.0 Å². The standard InChI is InChI=1S/C20H22F3N3O2/c1-13(2)25-19(27)16-5-3-4-6-17(16)26-10-9-15(12-26)28-18-8-7-14(11-24-18)20(21,22)23/h3-8,11,13,15H,9-10,12H2,1-2H3,(H,25,27). The smallest absolute Gasteiger partial charge is 0.417 e. The maximum Gasteiger partial charge on any atom is 0.417 e. The van der Waals surface area contributed by atoms with E-state index in [9.17, 15) is 18.0 Å². The van der Waals surface area contributed by atoms with Gasteiger partial charge in [0.25, 0.3) is 5.91 Å². The minimum Gasteiger partial charge on any atom is -0.472 e. The first kappa shape index (κ1) is 20.0. The third-order valence-electron chi connectivity index (χ3n) is 4.41. The van der Waals surface area contributed by atoms with Gasteiger partial charge in [-0.25, -0.2) is 4.98 Å². The van der Waals surface area contributed by atoms with Crippen molar-refractivity contribution < 1.29 is 22.7 Å². The molecule has 2 heterocycles. The number of anilines is 1. The number of ether oxygens (including phenoxy) is 1. The van der Waals surface area contributed by atoms with Crippen LogP contribution in [0.4, 0.5) is 18.9 Å². The maximum atomic E-state index is 12.6. The molecule has 0 bridgehead atoms. The van der Waals surface area contributed by atoms with Gasteiger partial charge in [0, 0.05) is 37.0 Å². The Bertz CT molecular complexity index is 822. The zero-order valence-corrected chi connectivity index (χ0v) is 15.7. The first-order chi connectivity index (χ1) is 13.2. The predicted molar refractivity (Wildman–Crippen MR) is 99.5 cm³/mol. The lowest BCUT2D eigenvalue weighted by Crippen LogP contribution is -2.32. The molecule has 0 aliphatic carbocycles. The van der Waals surface area contributed by atoms with Crippen LogP contribution in [0.5, 0.6) is 5.88 Å². The Kier molecular flexibility index (Phi) is 5.76. The highest BCUT2D eigenvalue weighted by Gasteiger charge is 2.31. The quantitative estimate of drug-likeness (QED) is 0.837. The number of benzene rings is 1. The molecule has 3 rings (SSSR count). The van der Waals surface area contributed by atoms with Gasteiger partial charge in [-0.2, -0.15) is 13.2 Å². The second kappa shape index (κ2) is 8.08. The number of halogens is 3. The molecule has 0 radical (unpaired) electrons. The Balaban J connectivity index is 1.67. The van der Waals surface area contributed by atoms with Crippen molar-refractivity contribution in [2.24, 2.45) is 0 Å². The SMILES string of the molecule is CC(C)NC(=O)c1ccccc1N1CCC(Oc2ccc(C(F)(F)F)cn2)C1. The highest BCUT2D eigenvalue weighted by molar-refractivity contribution is 6.00. The molecule has 5 nitrogen and oxygen atoms in total. The average Bonchev–Trinajstić information content (AvgIpc) is 3.09. The van der Waals surface area contributed by atoms with Crippen LogP contribution >= 0.6 is 0 Å². The summed E-state index contributed by atoms with van der Waals surface area (Å²) >= 11 is 0. The fraction of sp³-hybridized carbons (Fsp3) is 0.400. The Morgan fingerprint density at radius 3 is 2.64 bits per heavy atom. The van der Waals surface area contributed by atoms with Crippen molar-refractivity contribution in [3.8, 4) is 5.88 Å². The minimum atomic E-state index is -4.42. The zero-order valence-electron chi connectivity index (χ0n) is 15.7. The topological polar surface area (TPSA) is 54.5 Å². The lowest BCUT2D eigenvalue weighted by atomic mass is 10.1. The molecule has 28 heavy (non-hydrogen) atoms. The lowest BCUT2D eigenvalue weighted by molar-refractivity contribution is -0.137. The van der Waals surface area contributed by atoms with Crippen LogP contribution in [0.25, 0.3) is 0 Å². The summed E-state index contributed by atoms with van der Waals surface area (Å²) in [6, 6.07) is 9.56. The molecular weight excluding hydrogens is 371 g/mol. The maximum absolute atomic E-state index is 12.6. The summed E-state index contributed by atoms with van der Waals surface area (Å²) < 4.78 is 43.6. The van der Waals surface area contributed by atoms with Gasteiger partial charge in [-0.15, -0.1) is 0 Å². The highest BCUT2D eigenvalue weighted by atomic mass is 19.4. The van der Waals surface area contributed by atoms with Crippen molar-refractivity contribution in [3.05, 3.63) is 53.7 Å². The second-order valence-corrected chi connectivity index (χ2v) is 7.00. The first-order valence-corrected chi connectivity index (χ1v) is 9.09. The number of hydrogen-bond acceptors (Lipinski definition) is 4. The van der Waals surface area contributed by atoms with Crippen LogP contribution in [0, 0.1) is 0 Å². The monoisotopic (exact) mass is 393 g/mol. The molecule has 1 aliphatic heterocycles. The van der Waals surface area contributed by atoms with Crippen LogP contribution in [0.15, 0.2) is 42.6 Å². The van der Waals surface area contributed by atoms with E-state index >= 15 is 0 Å². The van der Waals surface area contributed by atoms with Crippen LogP contribution in [-0.2, 0) is 6.18 Å². The summed E-state index contributed by atoms with van der Waals surface area (Å²) in [5, 5.41) is 2.89. The molecule has 150 valence electrons. The zero-order chi connectivity index (χ0) is 20.3. The minimum absolute atomic E-state index is 0.0287. The Morgan fingerprint density at radius 2 is 2.00 bits per heavy atom. The number of para-hydroxylation sites is 1. The van der Waals surface area contributed by atoms with Gasteiger partial charge in [0.05, 0.1) is 17.7 Å². The van der Waals surface area contributed by atoms with E-state index in [1.54, 1.807) is 6.07 Å². The molecule has 0 saturated carbocycles. The molecule has 1 unspecified atom stereocenters. The van der Waals surface area contributed by atoms with Gasteiger partial charge in [0.2, 0.25) is 5.88 Å². The van der Waals surface area contributed by atoms with Crippen molar-refractivity contribution in [1.82, 2.24) is 10.3 Å². The number of amides is 1. The predicted octanol–water partition coefficient (Wildman–Crippen LogP) is 3.90. The third kappa shape index (κ3) is 4.74. The molecule has 1 saturated heterocycles. The van der Waals surface area contributed by atoms with Gasteiger partial charge >= 0.3 is 6.18 Å². The number of rotatable bonds is 5. The Morgan fingerprint density at radius 1 is 1.25 bits per heavy atom. The second-order valence-electron chi connectivity index (χ2n) is 7.00. The van der Waals surface area contributed by atoms with E-state index in [4.69, 9.17) is 4.74 Å². The van der Waals surface area contributed by atoms with E-state index in [1.807, 2.05) is 36.9 Å². The Hall–Kier alpha value is -2.77. The summed E-state index contributed by atoms with van der Waals surface area (Å²) in [5.74, 6) is 0.0186. The van der Waals surface area contributed by atoms with Crippen molar-refractivity contribution in [2.75, 3.05) is 18.0 Å². The van der Waals surface area contributed by atoms with Gasteiger partial charge in [0.15, 0.2) is 0 Å². The van der Waals surface area contributed by atoms with Crippen LogP contribution < -0.4 is 15.0 Å². The molecule has 1 aromatic heterocycles. The molecule has 1 aromatic carbocycles. The van der Waals surface area contributed by atoms with E-state index in [2.05, 4.69) is 10.3 Å². The van der Waals surface area contributed by atoms with E-state index < -0.39 is 11.7 Å². The number of pyridine rings is 1. The summed E-state index contributed by atoms with van der Waals surface area (Å²) in [4.78, 5) is 18.3. The Labute approximate surface area is 161 Å². The lowest BCUT2D eigenvalue weighted by Gasteiger charge is -2.22. The number of aromatic nitrogens is 1. The number of carbonyl (C=O) groups is 1. The molecule has 8 heteroatoms. The van der Waals surface area contributed by atoms with Crippen molar-refractivity contribution in [1.29, 1.82) is 0 Å². The molecule has 1 aliphatic rings. The van der Waals surface area contributed by atoms with E-state index in [1.165, 1.54) is 6.07 Å². The fourth-order valence-corrected chi connectivity index (χ4v) is 3.11. The molecule has 1 fully saturated rings. The number of alkyl halides is 3. The van der Waals surface area contributed by atoms with Crippen molar-refractivity contribution in [3.63, 3.8) is 0 Å². The first-order valence-electron chi connectivity index (χ1n) is 9.09. The van der Waals surface area contributed by atoms with Gasteiger partial charge in [0.1, 0.15) is 6.10 Å². The summed E-state index contributed by atoms with van der Waals surface area (Å²) in [6.45, 7) is 5.00. The number of carbonyl (C=O) groups excluding carboxylic acids is 1. The summed E-state index contributed by atoms with van der Waals surface area (Å²) in [7, 11) is 0. The number of hydrogen-bond donors (Lipinski definition) is 1.